The molecule has 2 N–H and O–H groups in total. The van der Waals surface area contributed by atoms with Gasteiger partial charge in [0, 0.05) is 23.9 Å². The molecule has 1 rings (SSSR count). The number of aromatic nitrogens is 1. The minimum atomic E-state index is -3.19. The Hall–Kier alpha value is -0.510. The third-order valence-electron chi connectivity index (χ3n) is 2.71. The van der Waals surface area contributed by atoms with Crippen molar-refractivity contribution in [2.75, 3.05) is 18.3 Å². The molecule has 110 valence electrons. The molecule has 0 aliphatic heterocycles. The molecule has 1 aromatic heterocycles. The van der Waals surface area contributed by atoms with E-state index in [-0.39, 0.29) is 12.2 Å². The highest BCUT2D eigenvalue weighted by Gasteiger charge is 2.22. The monoisotopic (exact) mass is 326 g/mol. The lowest BCUT2D eigenvalue weighted by Gasteiger charge is -2.08. The van der Waals surface area contributed by atoms with Crippen LogP contribution in [0.2, 0.25) is 0 Å². The van der Waals surface area contributed by atoms with E-state index in [1.165, 1.54) is 11.3 Å². The summed E-state index contributed by atoms with van der Waals surface area (Å²) in [5.74, 6) is -0.0113. The lowest BCUT2D eigenvalue weighted by Crippen LogP contribution is -2.16. The third kappa shape index (κ3) is 5.17. The van der Waals surface area contributed by atoms with Crippen molar-refractivity contribution in [3.8, 4) is 0 Å². The lowest BCUT2D eigenvalue weighted by atomic mass is 10.2. The number of hydrogen-bond acceptors (Lipinski definition) is 7. The van der Waals surface area contributed by atoms with Crippen molar-refractivity contribution >= 4 is 31.0 Å². The molecule has 0 aliphatic carbocycles. The second-order valence-corrected chi connectivity index (χ2v) is 10.1. The van der Waals surface area contributed by atoms with Crippen molar-refractivity contribution in [3.63, 3.8) is 0 Å². The molecular weight excluding hydrogens is 308 g/mol. The molecule has 0 aliphatic rings. The second-order valence-electron chi connectivity index (χ2n) is 4.61. The van der Waals surface area contributed by atoms with Gasteiger partial charge in [-0.15, -0.1) is 11.3 Å². The maximum atomic E-state index is 11.4. The molecule has 2 atom stereocenters. The number of thiazole rings is 1. The summed E-state index contributed by atoms with van der Waals surface area (Å²) < 4.78 is 45.0. The summed E-state index contributed by atoms with van der Waals surface area (Å²) in [7, 11) is -6.25. The van der Waals surface area contributed by atoms with Gasteiger partial charge >= 0.3 is 0 Å². The smallest absolute Gasteiger partial charge is 0.156 e. The standard InChI is InChI=1S/C10H18N2O4S3/c1-7(19(3,15)16)10-12-9(6-17-10)8(11)4-5-18(2,13)14/h6-8H,4-5,11H2,1-3H3. The first-order chi connectivity index (χ1) is 8.50. The molecule has 0 bridgehead atoms. The number of nitrogens with zero attached hydrogens (tertiary/aromatic N) is 1. The number of sulfone groups is 2. The maximum absolute atomic E-state index is 11.4. The summed E-state index contributed by atoms with van der Waals surface area (Å²) in [6, 6.07) is -0.494. The predicted molar refractivity (Wildman–Crippen MR) is 76.6 cm³/mol. The van der Waals surface area contributed by atoms with Crippen LogP contribution in [0.5, 0.6) is 0 Å². The average molecular weight is 326 g/mol. The SMILES string of the molecule is CC(c1nc(C(N)CCS(C)(=O)=O)cs1)S(C)(=O)=O. The molecule has 1 heterocycles. The van der Waals surface area contributed by atoms with Crippen LogP contribution in [0.1, 0.15) is 35.3 Å². The summed E-state index contributed by atoms with van der Waals surface area (Å²) in [5, 5.41) is 1.49. The third-order valence-corrected chi connectivity index (χ3v) is 6.39. The molecular formula is C10H18N2O4S3. The molecule has 6 nitrogen and oxygen atoms in total. The molecule has 0 radical (unpaired) electrons. The molecule has 0 spiro atoms. The minimum absolute atomic E-state index is 0.0113. The summed E-state index contributed by atoms with van der Waals surface area (Å²) in [4.78, 5) is 4.20. The fraction of sp³-hybridized carbons (Fsp3) is 0.700. The zero-order chi connectivity index (χ0) is 14.8. The molecule has 0 aromatic carbocycles. The molecule has 1 aromatic rings. The van der Waals surface area contributed by atoms with E-state index in [0.29, 0.717) is 10.7 Å². The van der Waals surface area contributed by atoms with Crippen molar-refractivity contribution in [1.29, 1.82) is 0 Å². The second kappa shape index (κ2) is 5.86. The highest BCUT2D eigenvalue weighted by Crippen LogP contribution is 2.27. The Labute approximate surface area is 117 Å². The van der Waals surface area contributed by atoms with Crippen molar-refractivity contribution < 1.29 is 16.8 Å². The van der Waals surface area contributed by atoms with Crippen LogP contribution in [0.25, 0.3) is 0 Å². The van der Waals surface area contributed by atoms with Gasteiger partial charge in [-0.25, -0.2) is 21.8 Å². The molecule has 2 unspecified atom stereocenters. The lowest BCUT2D eigenvalue weighted by molar-refractivity contribution is 0.589. The van der Waals surface area contributed by atoms with Crippen LogP contribution in [0.15, 0.2) is 5.38 Å². The molecule has 9 heteroatoms. The van der Waals surface area contributed by atoms with Gasteiger partial charge in [-0.05, 0) is 13.3 Å². The summed E-state index contributed by atoms with van der Waals surface area (Å²) >= 11 is 1.23. The van der Waals surface area contributed by atoms with Gasteiger partial charge in [-0.2, -0.15) is 0 Å². The Kier molecular flexibility index (Phi) is 5.10. The highest BCUT2D eigenvalue weighted by molar-refractivity contribution is 7.91. The molecule has 0 saturated carbocycles. The van der Waals surface area contributed by atoms with Gasteiger partial charge in [0.05, 0.1) is 11.4 Å². The Morgan fingerprint density at radius 3 is 2.37 bits per heavy atom. The number of rotatable bonds is 6. The van der Waals surface area contributed by atoms with E-state index in [9.17, 15) is 16.8 Å². The van der Waals surface area contributed by atoms with Crippen LogP contribution in [0, 0.1) is 0 Å². The van der Waals surface area contributed by atoms with Crippen LogP contribution in [0.3, 0.4) is 0 Å². The predicted octanol–water partition coefficient (Wildman–Crippen LogP) is 0.683. The van der Waals surface area contributed by atoms with Gasteiger partial charge in [0.25, 0.3) is 0 Å². The fourth-order valence-electron chi connectivity index (χ4n) is 1.33. The first-order valence-corrected chi connectivity index (χ1v) is 10.5. The molecule has 0 fully saturated rings. The van der Waals surface area contributed by atoms with Gasteiger partial charge in [-0.3, -0.25) is 0 Å². The van der Waals surface area contributed by atoms with Gasteiger partial charge < -0.3 is 5.73 Å². The van der Waals surface area contributed by atoms with Crippen LogP contribution >= 0.6 is 11.3 Å². The molecule has 0 saturated heterocycles. The Morgan fingerprint density at radius 1 is 1.32 bits per heavy atom. The quantitative estimate of drug-likeness (QED) is 0.824. The van der Waals surface area contributed by atoms with E-state index in [1.54, 1.807) is 12.3 Å². The first-order valence-electron chi connectivity index (χ1n) is 5.58. The van der Waals surface area contributed by atoms with E-state index < -0.39 is 31.0 Å². The van der Waals surface area contributed by atoms with E-state index in [2.05, 4.69) is 4.98 Å². The van der Waals surface area contributed by atoms with Gasteiger partial charge in [0.2, 0.25) is 0 Å². The van der Waals surface area contributed by atoms with Crippen LogP contribution in [-0.4, -0.2) is 40.1 Å². The van der Waals surface area contributed by atoms with E-state index in [4.69, 9.17) is 5.73 Å². The minimum Gasteiger partial charge on any atom is -0.323 e. The van der Waals surface area contributed by atoms with E-state index in [0.717, 1.165) is 12.5 Å². The van der Waals surface area contributed by atoms with Crippen molar-refractivity contribution in [3.05, 3.63) is 16.1 Å². The number of nitrogens with two attached hydrogens (primary N) is 1. The zero-order valence-electron chi connectivity index (χ0n) is 11.0. The highest BCUT2D eigenvalue weighted by atomic mass is 32.2. The van der Waals surface area contributed by atoms with Crippen LogP contribution in [0.4, 0.5) is 0 Å². The Morgan fingerprint density at radius 2 is 1.89 bits per heavy atom. The first kappa shape index (κ1) is 16.5. The summed E-state index contributed by atoms with van der Waals surface area (Å²) in [6.07, 6.45) is 2.58. The van der Waals surface area contributed by atoms with Crippen LogP contribution in [-0.2, 0) is 19.7 Å². The zero-order valence-corrected chi connectivity index (χ0v) is 13.5. The normalized spacial score (nSPS) is 16.2. The van der Waals surface area contributed by atoms with Crippen LogP contribution < -0.4 is 5.73 Å². The topological polar surface area (TPSA) is 107 Å². The van der Waals surface area contributed by atoms with Crippen molar-refractivity contribution in [1.82, 2.24) is 4.98 Å². The van der Waals surface area contributed by atoms with E-state index in [1.807, 2.05) is 0 Å². The van der Waals surface area contributed by atoms with Gasteiger partial charge in [0.1, 0.15) is 20.1 Å². The molecule has 0 amide bonds. The van der Waals surface area contributed by atoms with E-state index >= 15 is 0 Å². The Balaban J connectivity index is 2.80. The molecule has 19 heavy (non-hydrogen) atoms. The summed E-state index contributed by atoms with van der Waals surface area (Å²) in [5.41, 5.74) is 6.40. The fourth-order valence-corrected chi connectivity index (χ4v) is 3.94. The van der Waals surface area contributed by atoms with Gasteiger partial charge in [-0.1, -0.05) is 0 Å². The maximum Gasteiger partial charge on any atom is 0.156 e. The van der Waals surface area contributed by atoms with Gasteiger partial charge in [0.15, 0.2) is 9.84 Å². The Bertz CT molecular complexity index is 633. The summed E-state index contributed by atoms with van der Waals surface area (Å²) in [6.45, 7) is 1.57. The van der Waals surface area contributed by atoms with Crippen molar-refractivity contribution in [2.24, 2.45) is 5.73 Å². The largest absolute Gasteiger partial charge is 0.323 e. The number of hydrogen-bond donors (Lipinski definition) is 1. The van der Waals surface area contributed by atoms with Crippen molar-refractivity contribution in [2.45, 2.75) is 24.6 Å². The average Bonchev–Trinajstić information content (AvgIpc) is 2.71.